The summed E-state index contributed by atoms with van der Waals surface area (Å²) in [7, 11) is 0. The second-order valence-electron chi connectivity index (χ2n) is 7.43. The van der Waals surface area contributed by atoms with E-state index in [9.17, 15) is 9.18 Å². The van der Waals surface area contributed by atoms with Gasteiger partial charge in [0, 0.05) is 32.9 Å². The van der Waals surface area contributed by atoms with Crippen molar-refractivity contribution in [2.24, 2.45) is 0 Å². The molecule has 4 rings (SSSR count). The van der Waals surface area contributed by atoms with Gasteiger partial charge in [-0.15, -0.1) is 0 Å². The van der Waals surface area contributed by atoms with Gasteiger partial charge < -0.3 is 10.1 Å². The van der Waals surface area contributed by atoms with Gasteiger partial charge in [0.05, 0.1) is 6.54 Å². The fraction of sp³-hybridized carbons (Fsp3) is 0.120. The summed E-state index contributed by atoms with van der Waals surface area (Å²) < 4.78 is 21.5. The number of hydrogen-bond donors (Lipinski definition) is 1. The minimum absolute atomic E-state index is 0.156. The molecule has 0 aliphatic heterocycles. The number of amides is 1. The van der Waals surface area contributed by atoms with Crippen molar-refractivity contribution in [2.75, 3.05) is 5.32 Å². The molecule has 0 saturated carbocycles. The number of nitrogens with one attached hydrogen (secondary N) is 1. The SMILES string of the molecule is Cc1cc(NC(=O)c2cccc(COc3cccc(Cl)c3)c2)nn1Cc1c(F)cccc1Cl. The number of carbonyl (C=O) groups is 1. The number of hydrogen-bond acceptors (Lipinski definition) is 3. The predicted octanol–water partition coefficient (Wildman–Crippen LogP) is 6.52. The predicted molar refractivity (Wildman–Crippen MR) is 128 cm³/mol. The zero-order valence-electron chi connectivity index (χ0n) is 17.7. The van der Waals surface area contributed by atoms with E-state index in [0.717, 1.165) is 11.3 Å². The average molecular weight is 484 g/mol. The number of carbonyl (C=O) groups excluding carboxylic acids is 1. The molecule has 8 heteroatoms. The third kappa shape index (κ3) is 5.72. The van der Waals surface area contributed by atoms with Crippen LogP contribution in [0.3, 0.4) is 0 Å². The molecule has 4 aromatic rings. The van der Waals surface area contributed by atoms with Crippen molar-refractivity contribution in [1.29, 1.82) is 0 Å². The number of nitrogens with zero attached hydrogens (tertiary/aromatic N) is 2. The summed E-state index contributed by atoms with van der Waals surface area (Å²) in [4.78, 5) is 12.8. The van der Waals surface area contributed by atoms with Crippen molar-refractivity contribution < 1.29 is 13.9 Å². The maximum absolute atomic E-state index is 14.1. The molecule has 0 aliphatic rings. The van der Waals surface area contributed by atoms with Crippen molar-refractivity contribution in [1.82, 2.24) is 9.78 Å². The van der Waals surface area contributed by atoms with Crippen LogP contribution < -0.4 is 10.1 Å². The van der Waals surface area contributed by atoms with Gasteiger partial charge in [0.15, 0.2) is 5.82 Å². The Hall–Kier alpha value is -3.35. The Morgan fingerprint density at radius 1 is 1.06 bits per heavy atom. The van der Waals surface area contributed by atoms with E-state index in [1.807, 2.05) is 25.1 Å². The quantitative estimate of drug-likeness (QED) is 0.325. The Morgan fingerprint density at radius 2 is 1.85 bits per heavy atom. The minimum Gasteiger partial charge on any atom is -0.489 e. The number of anilines is 1. The molecule has 0 bridgehead atoms. The molecule has 0 radical (unpaired) electrons. The van der Waals surface area contributed by atoms with Crippen LogP contribution in [0.2, 0.25) is 10.0 Å². The zero-order valence-corrected chi connectivity index (χ0v) is 19.2. The van der Waals surface area contributed by atoms with Crippen LogP contribution in [0.4, 0.5) is 10.2 Å². The number of benzene rings is 3. The summed E-state index contributed by atoms with van der Waals surface area (Å²) in [6, 6.07) is 20.5. The van der Waals surface area contributed by atoms with Crippen LogP contribution in [0, 0.1) is 12.7 Å². The highest BCUT2D eigenvalue weighted by Gasteiger charge is 2.14. The van der Waals surface area contributed by atoms with Gasteiger partial charge in [-0.3, -0.25) is 9.48 Å². The van der Waals surface area contributed by atoms with Gasteiger partial charge in [-0.2, -0.15) is 5.10 Å². The van der Waals surface area contributed by atoms with Crippen LogP contribution >= 0.6 is 23.2 Å². The summed E-state index contributed by atoms with van der Waals surface area (Å²) in [5.74, 6) is 0.298. The van der Waals surface area contributed by atoms with Crippen LogP contribution in [0.5, 0.6) is 5.75 Å². The van der Waals surface area contributed by atoms with E-state index < -0.39 is 5.82 Å². The van der Waals surface area contributed by atoms with Gasteiger partial charge in [-0.05, 0) is 55.0 Å². The second kappa shape index (κ2) is 10.1. The van der Waals surface area contributed by atoms with Crippen LogP contribution in [0.1, 0.15) is 27.2 Å². The van der Waals surface area contributed by atoms with Gasteiger partial charge in [-0.25, -0.2) is 4.39 Å². The van der Waals surface area contributed by atoms with E-state index in [2.05, 4.69) is 10.4 Å². The Balaban J connectivity index is 1.43. The number of halogens is 3. The first-order valence-corrected chi connectivity index (χ1v) is 10.9. The standard InChI is InChI=1S/C25H20Cl2FN3O2/c1-16-11-24(30-31(16)14-21-22(27)9-4-10-23(21)28)29-25(32)18-6-2-5-17(12-18)15-33-20-8-3-7-19(26)13-20/h2-13H,14-15H2,1H3,(H,29,30,32). The van der Waals surface area contributed by atoms with Gasteiger partial charge in [0.1, 0.15) is 18.2 Å². The van der Waals surface area contributed by atoms with Crippen LogP contribution in [-0.4, -0.2) is 15.7 Å². The molecule has 5 nitrogen and oxygen atoms in total. The zero-order chi connectivity index (χ0) is 23.4. The molecular formula is C25H20Cl2FN3O2. The second-order valence-corrected chi connectivity index (χ2v) is 8.27. The van der Waals surface area contributed by atoms with Crippen LogP contribution in [-0.2, 0) is 13.2 Å². The van der Waals surface area contributed by atoms with E-state index in [1.54, 1.807) is 53.2 Å². The van der Waals surface area contributed by atoms with E-state index in [0.29, 0.717) is 39.3 Å². The molecule has 0 spiro atoms. The maximum atomic E-state index is 14.1. The molecular weight excluding hydrogens is 464 g/mol. The van der Waals surface area contributed by atoms with Gasteiger partial charge in [-0.1, -0.05) is 47.5 Å². The first-order chi connectivity index (χ1) is 15.9. The minimum atomic E-state index is -0.403. The molecule has 0 unspecified atom stereocenters. The average Bonchev–Trinajstić information content (AvgIpc) is 3.13. The number of rotatable bonds is 7. The van der Waals surface area contributed by atoms with Crippen molar-refractivity contribution >= 4 is 34.9 Å². The highest BCUT2D eigenvalue weighted by Crippen LogP contribution is 2.22. The van der Waals surface area contributed by atoms with Gasteiger partial charge >= 0.3 is 0 Å². The lowest BCUT2D eigenvalue weighted by Crippen LogP contribution is -2.13. The van der Waals surface area contributed by atoms with Crippen molar-refractivity contribution in [3.63, 3.8) is 0 Å². The van der Waals surface area contributed by atoms with Crippen LogP contribution in [0.25, 0.3) is 0 Å². The van der Waals surface area contributed by atoms with Gasteiger partial charge in [0.2, 0.25) is 0 Å². The molecule has 0 fully saturated rings. The smallest absolute Gasteiger partial charge is 0.256 e. The lowest BCUT2D eigenvalue weighted by atomic mass is 10.1. The van der Waals surface area contributed by atoms with E-state index >= 15 is 0 Å². The molecule has 0 aliphatic carbocycles. The normalized spacial score (nSPS) is 10.8. The molecule has 168 valence electrons. The van der Waals surface area contributed by atoms with Gasteiger partial charge in [0.25, 0.3) is 5.91 Å². The monoisotopic (exact) mass is 483 g/mol. The largest absolute Gasteiger partial charge is 0.489 e. The van der Waals surface area contributed by atoms with Crippen molar-refractivity contribution in [3.05, 3.63) is 111 Å². The first kappa shape index (κ1) is 22.8. The Morgan fingerprint density at radius 3 is 2.64 bits per heavy atom. The summed E-state index contributed by atoms with van der Waals surface area (Å²) >= 11 is 12.1. The van der Waals surface area contributed by atoms with E-state index in [1.165, 1.54) is 6.07 Å². The highest BCUT2D eigenvalue weighted by molar-refractivity contribution is 6.31. The molecule has 1 amide bonds. The Kier molecular flexibility index (Phi) is 6.96. The molecule has 33 heavy (non-hydrogen) atoms. The lowest BCUT2D eigenvalue weighted by Gasteiger charge is -2.09. The summed E-state index contributed by atoms with van der Waals surface area (Å²) in [5, 5.41) is 8.09. The molecule has 1 N–H and O–H groups in total. The maximum Gasteiger partial charge on any atom is 0.256 e. The molecule has 3 aromatic carbocycles. The lowest BCUT2D eigenvalue weighted by molar-refractivity contribution is 0.102. The number of aryl methyl sites for hydroxylation is 1. The molecule has 0 atom stereocenters. The van der Waals surface area contributed by atoms with E-state index in [-0.39, 0.29) is 12.5 Å². The number of ether oxygens (including phenoxy) is 1. The number of aromatic nitrogens is 2. The van der Waals surface area contributed by atoms with Crippen molar-refractivity contribution in [2.45, 2.75) is 20.1 Å². The summed E-state index contributed by atoms with van der Waals surface area (Å²) in [6.45, 7) is 2.27. The molecule has 0 saturated heterocycles. The topological polar surface area (TPSA) is 56.1 Å². The molecule has 1 aromatic heterocycles. The third-order valence-electron chi connectivity index (χ3n) is 4.98. The first-order valence-electron chi connectivity index (χ1n) is 10.1. The van der Waals surface area contributed by atoms with Crippen molar-refractivity contribution in [3.8, 4) is 5.75 Å². The summed E-state index contributed by atoms with van der Waals surface area (Å²) in [5.41, 5.74) is 2.40. The highest BCUT2D eigenvalue weighted by atomic mass is 35.5. The Bertz CT molecular complexity index is 1290. The third-order valence-corrected chi connectivity index (χ3v) is 5.57. The fourth-order valence-electron chi connectivity index (χ4n) is 3.28. The Labute approximate surface area is 200 Å². The molecule has 1 heterocycles. The van der Waals surface area contributed by atoms with E-state index in [4.69, 9.17) is 27.9 Å². The van der Waals surface area contributed by atoms with Crippen LogP contribution in [0.15, 0.2) is 72.8 Å². The fourth-order valence-corrected chi connectivity index (χ4v) is 3.68. The summed E-state index contributed by atoms with van der Waals surface area (Å²) in [6.07, 6.45) is 0.